The number of likely N-dealkylation sites (tertiary alicyclic amines) is 1. The summed E-state index contributed by atoms with van der Waals surface area (Å²) in [5, 5.41) is 16.5. The van der Waals surface area contributed by atoms with Crippen molar-refractivity contribution in [2.75, 3.05) is 23.8 Å². The summed E-state index contributed by atoms with van der Waals surface area (Å²) < 4.78 is 12.0. The van der Waals surface area contributed by atoms with Gasteiger partial charge in [-0.15, -0.1) is 0 Å². The standard InChI is InChI=1S/C29H33BrClN3O6/c1-4-39-17-11-9-16(10-12-17)32-26(36)22-23-28(38)34(21(14-35)15(2)3)25(29(23)13-18(30)24(22)40-29)27(37)33-20-8-6-5-7-19(20)31/h5-12,15,18,21-25,35H,4,13-14H2,1-3H3,(H,32,36)(H,33,37)/t18?,21-,22-,23-,24-,25?,29?/m0/s1. The van der Waals surface area contributed by atoms with E-state index in [1.54, 1.807) is 48.5 Å². The number of para-hydroxylation sites is 1. The molecule has 5 rings (SSSR count). The minimum atomic E-state index is -1.26. The van der Waals surface area contributed by atoms with E-state index in [1.807, 2.05) is 20.8 Å². The summed E-state index contributed by atoms with van der Waals surface area (Å²) in [7, 11) is 0. The van der Waals surface area contributed by atoms with Gasteiger partial charge >= 0.3 is 0 Å². The third kappa shape index (κ3) is 4.78. The van der Waals surface area contributed by atoms with E-state index >= 15 is 0 Å². The molecule has 3 N–H and O–H groups in total. The second-order valence-corrected chi connectivity index (χ2v) is 12.4. The van der Waals surface area contributed by atoms with Gasteiger partial charge in [0.2, 0.25) is 17.7 Å². The van der Waals surface area contributed by atoms with Gasteiger partial charge in [-0.3, -0.25) is 14.4 Å². The second-order valence-electron chi connectivity index (χ2n) is 10.8. The molecule has 3 aliphatic rings. The Kier molecular flexibility index (Phi) is 8.16. The molecule has 3 saturated heterocycles. The van der Waals surface area contributed by atoms with Crippen LogP contribution in [-0.4, -0.2) is 69.6 Å². The van der Waals surface area contributed by atoms with Crippen LogP contribution in [0.2, 0.25) is 5.02 Å². The smallest absolute Gasteiger partial charge is 0.250 e. The molecule has 9 nitrogen and oxygen atoms in total. The van der Waals surface area contributed by atoms with Gasteiger partial charge in [-0.1, -0.05) is 53.5 Å². The number of carbonyl (C=O) groups is 3. The Morgan fingerprint density at radius 2 is 1.88 bits per heavy atom. The molecule has 214 valence electrons. The lowest BCUT2D eigenvalue weighted by atomic mass is 9.70. The number of amides is 3. The van der Waals surface area contributed by atoms with Crippen molar-refractivity contribution < 1.29 is 29.0 Å². The molecule has 2 aromatic carbocycles. The van der Waals surface area contributed by atoms with Crippen molar-refractivity contribution in [1.82, 2.24) is 4.90 Å². The third-order valence-corrected chi connectivity index (χ3v) is 9.33. The summed E-state index contributed by atoms with van der Waals surface area (Å²) in [5.41, 5.74) is -0.300. The lowest BCUT2D eigenvalue weighted by Crippen LogP contribution is -2.57. The van der Waals surface area contributed by atoms with Crippen LogP contribution in [0.5, 0.6) is 5.75 Å². The van der Waals surface area contributed by atoms with Crippen LogP contribution < -0.4 is 15.4 Å². The van der Waals surface area contributed by atoms with Crippen LogP contribution in [0.15, 0.2) is 48.5 Å². The number of anilines is 2. The van der Waals surface area contributed by atoms with E-state index in [-0.39, 0.29) is 29.2 Å². The highest BCUT2D eigenvalue weighted by atomic mass is 79.9. The van der Waals surface area contributed by atoms with Crippen LogP contribution >= 0.6 is 27.5 Å². The first-order valence-corrected chi connectivity index (χ1v) is 14.8. The van der Waals surface area contributed by atoms with Gasteiger partial charge in [-0.2, -0.15) is 0 Å². The number of hydrogen-bond acceptors (Lipinski definition) is 6. The van der Waals surface area contributed by atoms with Crippen molar-refractivity contribution in [3.63, 3.8) is 0 Å². The largest absolute Gasteiger partial charge is 0.494 e. The van der Waals surface area contributed by atoms with Gasteiger partial charge in [-0.05, 0) is 55.7 Å². The van der Waals surface area contributed by atoms with Gasteiger partial charge in [0.25, 0.3) is 0 Å². The number of ether oxygens (including phenoxy) is 2. The number of alkyl halides is 1. The van der Waals surface area contributed by atoms with Gasteiger partial charge in [-0.25, -0.2) is 0 Å². The van der Waals surface area contributed by atoms with Crippen LogP contribution in [0.25, 0.3) is 0 Å². The van der Waals surface area contributed by atoms with Crippen molar-refractivity contribution in [2.24, 2.45) is 17.8 Å². The molecule has 0 aromatic heterocycles. The van der Waals surface area contributed by atoms with Crippen LogP contribution in [0.4, 0.5) is 11.4 Å². The lowest BCUT2D eigenvalue weighted by Gasteiger charge is -2.38. The molecular formula is C29H33BrClN3O6. The molecule has 2 bridgehead atoms. The molecular weight excluding hydrogens is 602 g/mol. The Hall–Kier alpha value is -2.66. The van der Waals surface area contributed by atoms with Crippen molar-refractivity contribution in [1.29, 1.82) is 0 Å². The number of nitrogens with zero attached hydrogens (tertiary/aromatic N) is 1. The Balaban J connectivity index is 1.50. The zero-order chi connectivity index (χ0) is 28.8. The van der Waals surface area contributed by atoms with Crippen molar-refractivity contribution in [2.45, 2.75) is 55.8 Å². The highest BCUT2D eigenvalue weighted by Gasteiger charge is 2.77. The molecule has 0 saturated carbocycles. The second kappa shape index (κ2) is 11.3. The molecule has 0 aliphatic carbocycles. The number of aliphatic hydroxyl groups excluding tert-OH is 1. The molecule has 7 atom stereocenters. The fourth-order valence-electron chi connectivity index (χ4n) is 6.43. The third-order valence-electron chi connectivity index (χ3n) is 8.16. The number of rotatable bonds is 9. The molecule has 2 aromatic rings. The van der Waals surface area contributed by atoms with Gasteiger partial charge < -0.3 is 30.1 Å². The number of halogens is 2. The molecule has 3 aliphatic heterocycles. The summed E-state index contributed by atoms with van der Waals surface area (Å²) in [6.07, 6.45) is -0.255. The Labute approximate surface area is 246 Å². The van der Waals surface area contributed by atoms with Gasteiger partial charge in [0.15, 0.2) is 0 Å². The summed E-state index contributed by atoms with van der Waals surface area (Å²) in [6, 6.07) is 12.1. The molecule has 40 heavy (non-hydrogen) atoms. The predicted octanol–water partition coefficient (Wildman–Crippen LogP) is 4.08. The van der Waals surface area contributed by atoms with E-state index in [0.717, 1.165) is 0 Å². The van der Waals surface area contributed by atoms with Gasteiger partial charge in [0, 0.05) is 10.5 Å². The zero-order valence-electron chi connectivity index (χ0n) is 22.5. The molecule has 0 radical (unpaired) electrons. The first-order valence-electron chi connectivity index (χ1n) is 13.5. The number of benzene rings is 2. The van der Waals surface area contributed by atoms with E-state index in [4.69, 9.17) is 21.1 Å². The van der Waals surface area contributed by atoms with Crippen LogP contribution in [0.3, 0.4) is 0 Å². The maximum Gasteiger partial charge on any atom is 0.250 e. The number of carbonyl (C=O) groups excluding carboxylic acids is 3. The first-order chi connectivity index (χ1) is 19.1. The average molecular weight is 635 g/mol. The summed E-state index contributed by atoms with van der Waals surface area (Å²) in [5.74, 6) is -2.44. The SMILES string of the molecule is CCOc1ccc(NC(=O)[C@H]2[C@H]3C(=O)N([C@@H](CO)C(C)C)C(C(=O)Nc4ccccc4Cl)C34CC(Br)[C@@H]2O4)cc1. The topological polar surface area (TPSA) is 117 Å². The van der Waals surface area contributed by atoms with Crippen LogP contribution in [-0.2, 0) is 19.1 Å². The van der Waals surface area contributed by atoms with Crippen molar-refractivity contribution in [3.05, 3.63) is 53.6 Å². The van der Waals surface area contributed by atoms with E-state index < -0.39 is 41.5 Å². The summed E-state index contributed by atoms with van der Waals surface area (Å²) in [4.78, 5) is 43.2. The predicted molar refractivity (Wildman–Crippen MR) is 155 cm³/mol. The molecule has 11 heteroatoms. The molecule has 3 amide bonds. The minimum absolute atomic E-state index is 0.159. The molecule has 3 fully saturated rings. The lowest BCUT2D eigenvalue weighted by molar-refractivity contribution is -0.144. The summed E-state index contributed by atoms with van der Waals surface area (Å²) >= 11 is 10.00. The number of fused-ring (bicyclic) bond motifs is 1. The highest BCUT2D eigenvalue weighted by molar-refractivity contribution is 9.09. The van der Waals surface area contributed by atoms with Crippen LogP contribution in [0.1, 0.15) is 27.2 Å². The fourth-order valence-corrected chi connectivity index (χ4v) is 7.56. The molecule has 3 unspecified atom stereocenters. The molecule has 1 spiro atoms. The number of aliphatic hydroxyl groups is 1. The molecule has 3 heterocycles. The maximum atomic E-state index is 14.2. The Bertz CT molecular complexity index is 1290. The monoisotopic (exact) mass is 633 g/mol. The maximum absolute atomic E-state index is 14.2. The number of hydrogen-bond donors (Lipinski definition) is 3. The van der Waals surface area contributed by atoms with E-state index in [1.165, 1.54) is 4.90 Å². The van der Waals surface area contributed by atoms with Crippen molar-refractivity contribution >= 4 is 56.6 Å². The highest BCUT2D eigenvalue weighted by Crippen LogP contribution is 2.60. The summed E-state index contributed by atoms with van der Waals surface area (Å²) in [6.45, 7) is 5.84. The normalized spacial score (nSPS) is 29.4. The number of nitrogens with one attached hydrogen (secondary N) is 2. The van der Waals surface area contributed by atoms with E-state index in [0.29, 0.717) is 35.2 Å². The van der Waals surface area contributed by atoms with Gasteiger partial charge in [0.1, 0.15) is 17.4 Å². The Morgan fingerprint density at radius 3 is 2.50 bits per heavy atom. The average Bonchev–Trinajstić information content (AvgIpc) is 3.50. The van der Waals surface area contributed by atoms with E-state index in [2.05, 4.69) is 26.6 Å². The fraction of sp³-hybridized carbons (Fsp3) is 0.483. The zero-order valence-corrected chi connectivity index (χ0v) is 24.8. The van der Waals surface area contributed by atoms with Crippen LogP contribution in [0, 0.1) is 17.8 Å². The Morgan fingerprint density at radius 1 is 1.18 bits per heavy atom. The van der Waals surface area contributed by atoms with E-state index in [9.17, 15) is 19.5 Å². The first kappa shape index (κ1) is 28.9. The van der Waals surface area contributed by atoms with Crippen molar-refractivity contribution in [3.8, 4) is 5.75 Å². The quantitative estimate of drug-likeness (QED) is 0.358. The van der Waals surface area contributed by atoms with Gasteiger partial charge in [0.05, 0.1) is 47.9 Å². The minimum Gasteiger partial charge on any atom is -0.494 e.